The standard InChI is InChI=1S/C21H40N6O7/c1-4-11(2)16(19(31)25-14(21(33)34)7-5-6-10-22)26-20(32)17(12(3)28)27-18(30)13(23)8-9-15(24)29/h11-14,16-17,28H,4-10,22-23H2,1-3H3,(H2,24,29)(H,25,31)(H,26,32)(H,27,30)(H,33,34). The summed E-state index contributed by atoms with van der Waals surface area (Å²) in [5.74, 6) is -4.56. The van der Waals surface area contributed by atoms with Crippen LogP contribution in [0.2, 0.25) is 0 Å². The molecule has 0 aromatic rings. The maximum atomic E-state index is 12.9. The highest BCUT2D eigenvalue weighted by Crippen LogP contribution is 2.11. The molecule has 0 radical (unpaired) electrons. The zero-order valence-corrected chi connectivity index (χ0v) is 20.1. The van der Waals surface area contributed by atoms with Crippen molar-refractivity contribution in [2.45, 2.75) is 89.6 Å². The Morgan fingerprint density at radius 1 is 0.882 bits per heavy atom. The maximum absolute atomic E-state index is 12.9. The number of amides is 4. The Morgan fingerprint density at radius 3 is 1.91 bits per heavy atom. The number of primary amides is 1. The van der Waals surface area contributed by atoms with Gasteiger partial charge in [0, 0.05) is 6.42 Å². The lowest BCUT2D eigenvalue weighted by molar-refractivity contribution is -0.143. The quantitative estimate of drug-likeness (QED) is 0.102. The Kier molecular flexibility index (Phi) is 14.7. The van der Waals surface area contributed by atoms with Crippen LogP contribution in [0.15, 0.2) is 0 Å². The first kappa shape index (κ1) is 31.2. The van der Waals surface area contributed by atoms with Gasteiger partial charge in [-0.15, -0.1) is 0 Å². The number of aliphatic carboxylic acids is 1. The predicted octanol–water partition coefficient (Wildman–Crippen LogP) is -2.33. The number of rotatable bonds is 17. The van der Waals surface area contributed by atoms with E-state index >= 15 is 0 Å². The van der Waals surface area contributed by atoms with Crippen molar-refractivity contribution in [1.29, 1.82) is 0 Å². The van der Waals surface area contributed by atoms with Crippen LogP contribution in [0.1, 0.15) is 59.3 Å². The molecule has 0 spiro atoms. The van der Waals surface area contributed by atoms with E-state index in [0.717, 1.165) is 0 Å². The van der Waals surface area contributed by atoms with Crippen molar-refractivity contribution >= 4 is 29.6 Å². The second kappa shape index (κ2) is 16.0. The molecule has 0 aliphatic carbocycles. The van der Waals surface area contributed by atoms with Crippen LogP contribution in [-0.2, 0) is 24.0 Å². The molecule has 11 N–H and O–H groups in total. The zero-order valence-electron chi connectivity index (χ0n) is 20.1. The highest BCUT2D eigenvalue weighted by atomic mass is 16.4. The molecule has 6 unspecified atom stereocenters. The summed E-state index contributed by atoms with van der Waals surface area (Å²) in [6, 6.07) is -4.85. The van der Waals surface area contributed by atoms with E-state index in [1.54, 1.807) is 13.8 Å². The van der Waals surface area contributed by atoms with Crippen molar-refractivity contribution in [2.24, 2.45) is 23.1 Å². The fourth-order valence-corrected chi connectivity index (χ4v) is 3.05. The summed E-state index contributed by atoms with van der Waals surface area (Å²) < 4.78 is 0. The molecular formula is C21H40N6O7. The molecule has 0 bridgehead atoms. The number of carbonyl (C=O) groups is 5. The molecule has 0 aromatic heterocycles. The van der Waals surface area contributed by atoms with Crippen LogP contribution >= 0.6 is 0 Å². The highest BCUT2D eigenvalue weighted by molar-refractivity contribution is 5.94. The van der Waals surface area contributed by atoms with Gasteiger partial charge in [0.15, 0.2) is 0 Å². The summed E-state index contributed by atoms with van der Waals surface area (Å²) in [6.45, 7) is 5.16. The summed E-state index contributed by atoms with van der Waals surface area (Å²) in [5, 5.41) is 26.7. The highest BCUT2D eigenvalue weighted by Gasteiger charge is 2.34. The third-order valence-corrected chi connectivity index (χ3v) is 5.46. The first-order valence-corrected chi connectivity index (χ1v) is 11.4. The SMILES string of the molecule is CCC(C)C(NC(=O)C(NC(=O)C(N)CCC(N)=O)C(C)O)C(=O)NC(CCCCN)C(=O)O. The van der Waals surface area contributed by atoms with E-state index in [4.69, 9.17) is 17.2 Å². The Hall–Kier alpha value is -2.77. The van der Waals surface area contributed by atoms with Gasteiger partial charge < -0.3 is 43.4 Å². The minimum absolute atomic E-state index is 0.0477. The average molecular weight is 489 g/mol. The Balaban J connectivity index is 5.40. The number of carbonyl (C=O) groups excluding carboxylic acids is 4. The van der Waals surface area contributed by atoms with Crippen LogP contribution in [-0.4, -0.2) is 76.6 Å². The number of nitrogens with one attached hydrogen (secondary N) is 3. The van der Waals surface area contributed by atoms with E-state index in [2.05, 4.69) is 16.0 Å². The summed E-state index contributed by atoms with van der Waals surface area (Å²) in [5.41, 5.74) is 16.2. The van der Waals surface area contributed by atoms with E-state index in [-0.39, 0.29) is 25.2 Å². The van der Waals surface area contributed by atoms with Gasteiger partial charge in [-0.1, -0.05) is 20.3 Å². The summed E-state index contributed by atoms with van der Waals surface area (Å²) in [7, 11) is 0. The number of nitrogens with two attached hydrogens (primary N) is 3. The normalized spacial score (nSPS) is 16.3. The minimum Gasteiger partial charge on any atom is -0.480 e. The van der Waals surface area contributed by atoms with Crippen molar-refractivity contribution in [3.8, 4) is 0 Å². The van der Waals surface area contributed by atoms with Crippen molar-refractivity contribution in [2.75, 3.05) is 6.54 Å². The van der Waals surface area contributed by atoms with E-state index < -0.39 is 59.9 Å². The van der Waals surface area contributed by atoms with E-state index in [1.807, 2.05) is 0 Å². The van der Waals surface area contributed by atoms with Gasteiger partial charge in [0.25, 0.3) is 0 Å². The molecule has 0 fully saturated rings. The Morgan fingerprint density at radius 2 is 1.44 bits per heavy atom. The van der Waals surface area contributed by atoms with Crippen LogP contribution in [0.25, 0.3) is 0 Å². The molecule has 13 nitrogen and oxygen atoms in total. The predicted molar refractivity (Wildman–Crippen MR) is 124 cm³/mol. The molecule has 4 amide bonds. The number of aliphatic hydroxyl groups excluding tert-OH is 1. The average Bonchev–Trinajstić information content (AvgIpc) is 2.77. The molecule has 0 aliphatic rings. The van der Waals surface area contributed by atoms with Gasteiger partial charge in [-0.05, 0) is 45.1 Å². The molecule has 6 atom stereocenters. The molecule has 0 aromatic carbocycles. The third kappa shape index (κ3) is 11.4. The molecule has 0 saturated heterocycles. The van der Waals surface area contributed by atoms with Gasteiger partial charge >= 0.3 is 5.97 Å². The Labute approximate surface area is 199 Å². The van der Waals surface area contributed by atoms with Gasteiger partial charge in [-0.25, -0.2) is 4.79 Å². The molecule has 34 heavy (non-hydrogen) atoms. The topological polar surface area (TPSA) is 240 Å². The first-order chi connectivity index (χ1) is 15.8. The lowest BCUT2D eigenvalue weighted by Crippen LogP contribution is -2.61. The van der Waals surface area contributed by atoms with Crippen LogP contribution < -0.4 is 33.2 Å². The van der Waals surface area contributed by atoms with Crippen molar-refractivity contribution in [3.05, 3.63) is 0 Å². The first-order valence-electron chi connectivity index (χ1n) is 11.4. The second-order valence-electron chi connectivity index (χ2n) is 8.39. The summed E-state index contributed by atoms with van der Waals surface area (Å²) in [4.78, 5) is 60.5. The van der Waals surface area contributed by atoms with Gasteiger partial charge in [0.2, 0.25) is 23.6 Å². The third-order valence-electron chi connectivity index (χ3n) is 5.46. The van der Waals surface area contributed by atoms with Crippen molar-refractivity contribution in [1.82, 2.24) is 16.0 Å². The molecule has 0 heterocycles. The van der Waals surface area contributed by atoms with E-state index in [1.165, 1.54) is 6.92 Å². The number of unbranched alkanes of at least 4 members (excludes halogenated alkanes) is 1. The molecule has 0 saturated carbocycles. The van der Waals surface area contributed by atoms with Gasteiger partial charge in [-0.3, -0.25) is 19.2 Å². The van der Waals surface area contributed by atoms with Gasteiger partial charge in [0.1, 0.15) is 18.1 Å². The number of hydrogen-bond donors (Lipinski definition) is 8. The van der Waals surface area contributed by atoms with E-state index in [0.29, 0.717) is 25.8 Å². The second-order valence-corrected chi connectivity index (χ2v) is 8.39. The maximum Gasteiger partial charge on any atom is 0.326 e. The smallest absolute Gasteiger partial charge is 0.326 e. The number of hydrogen-bond acceptors (Lipinski definition) is 8. The summed E-state index contributed by atoms with van der Waals surface area (Å²) >= 11 is 0. The van der Waals surface area contributed by atoms with Gasteiger partial charge in [-0.2, -0.15) is 0 Å². The number of carboxylic acids is 1. The molecule has 13 heteroatoms. The van der Waals surface area contributed by atoms with Gasteiger partial charge in [0.05, 0.1) is 12.1 Å². The number of aliphatic hydroxyl groups is 1. The lowest BCUT2D eigenvalue weighted by atomic mass is 9.96. The number of carboxylic acid groups (broad SMARTS) is 1. The van der Waals surface area contributed by atoms with Crippen LogP contribution in [0.4, 0.5) is 0 Å². The lowest BCUT2D eigenvalue weighted by Gasteiger charge is -2.29. The monoisotopic (exact) mass is 488 g/mol. The fraction of sp³-hybridized carbons (Fsp3) is 0.762. The van der Waals surface area contributed by atoms with Crippen LogP contribution in [0.3, 0.4) is 0 Å². The summed E-state index contributed by atoms with van der Waals surface area (Å²) in [6.07, 6.45) is 0.237. The van der Waals surface area contributed by atoms with Crippen LogP contribution in [0.5, 0.6) is 0 Å². The molecule has 0 aliphatic heterocycles. The van der Waals surface area contributed by atoms with E-state index in [9.17, 15) is 34.2 Å². The fourth-order valence-electron chi connectivity index (χ4n) is 3.05. The zero-order chi connectivity index (χ0) is 26.4. The Bertz CT molecular complexity index is 703. The van der Waals surface area contributed by atoms with Crippen molar-refractivity contribution < 1.29 is 34.2 Å². The molecule has 0 rings (SSSR count). The minimum atomic E-state index is -1.44. The van der Waals surface area contributed by atoms with Crippen molar-refractivity contribution in [3.63, 3.8) is 0 Å². The van der Waals surface area contributed by atoms with Crippen LogP contribution in [0, 0.1) is 5.92 Å². The molecular weight excluding hydrogens is 448 g/mol. The largest absolute Gasteiger partial charge is 0.480 e. The molecule has 196 valence electrons.